The summed E-state index contributed by atoms with van der Waals surface area (Å²) in [5.74, 6) is 0. The molecule has 1 aliphatic rings. The Morgan fingerprint density at radius 1 is 1.78 bits per heavy atom. The van der Waals surface area contributed by atoms with Gasteiger partial charge >= 0.3 is 0 Å². The van der Waals surface area contributed by atoms with E-state index >= 15 is 0 Å². The lowest BCUT2D eigenvalue weighted by Crippen LogP contribution is -2.39. The second-order valence-corrected chi connectivity index (χ2v) is 2.80. The number of nitrogens with zero attached hydrogens (tertiary/aromatic N) is 1. The monoisotopic (exact) mass is 126 g/mol. The summed E-state index contributed by atoms with van der Waals surface area (Å²) in [6, 6.07) is 0.597. The van der Waals surface area contributed by atoms with Crippen LogP contribution in [0.3, 0.4) is 0 Å². The summed E-state index contributed by atoms with van der Waals surface area (Å²) in [7, 11) is 2.10. The SMILES string of the molecule is CC1=CN(C)C[C@@H](C)N1. The van der Waals surface area contributed by atoms with Crippen molar-refractivity contribution in [3.63, 3.8) is 0 Å². The van der Waals surface area contributed by atoms with Crippen LogP contribution in [0.1, 0.15) is 13.8 Å². The second kappa shape index (κ2) is 2.29. The maximum absolute atomic E-state index is 3.33. The predicted molar refractivity (Wildman–Crippen MR) is 39.0 cm³/mol. The van der Waals surface area contributed by atoms with E-state index in [1.165, 1.54) is 5.70 Å². The molecule has 1 rings (SSSR count). The van der Waals surface area contributed by atoms with E-state index in [1.807, 2.05) is 0 Å². The Morgan fingerprint density at radius 2 is 2.44 bits per heavy atom. The molecule has 2 heteroatoms. The highest BCUT2D eigenvalue weighted by molar-refractivity contribution is 5.00. The van der Waals surface area contributed by atoms with Crippen LogP contribution in [-0.2, 0) is 0 Å². The van der Waals surface area contributed by atoms with E-state index in [1.54, 1.807) is 0 Å². The van der Waals surface area contributed by atoms with Crippen molar-refractivity contribution in [2.75, 3.05) is 13.6 Å². The number of hydrogen-bond donors (Lipinski definition) is 1. The molecule has 0 aromatic heterocycles. The van der Waals surface area contributed by atoms with Crippen molar-refractivity contribution < 1.29 is 0 Å². The van der Waals surface area contributed by atoms with Crippen molar-refractivity contribution in [1.29, 1.82) is 0 Å². The Bertz CT molecular complexity index is 129. The fraction of sp³-hybridized carbons (Fsp3) is 0.714. The number of likely N-dealkylation sites (N-methyl/N-ethyl adjacent to an activating group) is 1. The molecule has 0 aliphatic carbocycles. The van der Waals surface area contributed by atoms with E-state index in [9.17, 15) is 0 Å². The number of hydrogen-bond acceptors (Lipinski definition) is 2. The predicted octanol–water partition coefficient (Wildman–Crippen LogP) is 0.771. The van der Waals surface area contributed by atoms with E-state index in [-0.39, 0.29) is 0 Å². The minimum absolute atomic E-state index is 0.597. The Labute approximate surface area is 56.5 Å². The van der Waals surface area contributed by atoms with Gasteiger partial charge in [-0.25, -0.2) is 0 Å². The molecule has 9 heavy (non-hydrogen) atoms. The van der Waals surface area contributed by atoms with E-state index in [4.69, 9.17) is 0 Å². The Kier molecular flexibility index (Phi) is 1.65. The number of rotatable bonds is 0. The first-order valence-electron chi connectivity index (χ1n) is 3.33. The van der Waals surface area contributed by atoms with Gasteiger partial charge in [-0.15, -0.1) is 0 Å². The summed E-state index contributed by atoms with van der Waals surface area (Å²) in [5, 5.41) is 3.33. The lowest BCUT2D eigenvalue weighted by atomic mass is 10.2. The minimum atomic E-state index is 0.597. The van der Waals surface area contributed by atoms with Gasteiger partial charge in [0.2, 0.25) is 0 Å². The summed E-state index contributed by atoms with van der Waals surface area (Å²) >= 11 is 0. The van der Waals surface area contributed by atoms with Crippen LogP contribution in [0.5, 0.6) is 0 Å². The van der Waals surface area contributed by atoms with E-state index in [0.717, 1.165) is 6.54 Å². The van der Waals surface area contributed by atoms with Crippen molar-refractivity contribution in [1.82, 2.24) is 10.2 Å². The third-order valence-corrected chi connectivity index (χ3v) is 1.45. The molecule has 1 atom stereocenters. The van der Waals surface area contributed by atoms with Gasteiger partial charge in [-0.2, -0.15) is 0 Å². The molecule has 0 aromatic rings. The Morgan fingerprint density at radius 3 is 2.89 bits per heavy atom. The molecule has 0 spiro atoms. The molecule has 0 fully saturated rings. The zero-order valence-corrected chi connectivity index (χ0v) is 6.31. The first-order valence-corrected chi connectivity index (χ1v) is 3.33. The van der Waals surface area contributed by atoms with E-state index < -0.39 is 0 Å². The first-order chi connectivity index (χ1) is 4.18. The minimum Gasteiger partial charge on any atom is -0.383 e. The van der Waals surface area contributed by atoms with Gasteiger partial charge in [0.1, 0.15) is 0 Å². The normalized spacial score (nSPS) is 27.2. The van der Waals surface area contributed by atoms with Crippen molar-refractivity contribution in [3.8, 4) is 0 Å². The van der Waals surface area contributed by atoms with E-state index in [2.05, 4.69) is 37.3 Å². The fourth-order valence-electron chi connectivity index (χ4n) is 1.29. The lowest BCUT2D eigenvalue weighted by Gasteiger charge is -2.28. The molecule has 0 unspecified atom stereocenters. The molecule has 1 N–H and O–H groups in total. The third kappa shape index (κ3) is 1.63. The zero-order chi connectivity index (χ0) is 6.85. The van der Waals surface area contributed by atoms with E-state index in [0.29, 0.717) is 6.04 Å². The molecular formula is C7H14N2. The molecule has 1 aliphatic heterocycles. The molecule has 0 amide bonds. The Hall–Kier alpha value is -0.660. The molecule has 2 nitrogen and oxygen atoms in total. The summed E-state index contributed by atoms with van der Waals surface area (Å²) in [4.78, 5) is 2.20. The van der Waals surface area contributed by atoms with Crippen LogP contribution in [0.25, 0.3) is 0 Å². The molecule has 1 heterocycles. The maximum Gasteiger partial charge on any atom is 0.0405 e. The van der Waals surface area contributed by atoms with Crippen LogP contribution in [0.4, 0.5) is 0 Å². The molecule has 0 bridgehead atoms. The van der Waals surface area contributed by atoms with Crippen molar-refractivity contribution in [2.24, 2.45) is 0 Å². The van der Waals surface area contributed by atoms with Crippen LogP contribution in [0.2, 0.25) is 0 Å². The van der Waals surface area contributed by atoms with Gasteiger partial charge in [-0.1, -0.05) is 0 Å². The summed E-state index contributed by atoms with van der Waals surface area (Å²) in [6.45, 7) is 5.39. The average molecular weight is 126 g/mol. The molecule has 0 saturated carbocycles. The molecule has 0 aromatic carbocycles. The van der Waals surface area contributed by atoms with Crippen molar-refractivity contribution in [2.45, 2.75) is 19.9 Å². The second-order valence-electron chi connectivity index (χ2n) is 2.80. The summed E-state index contributed by atoms with van der Waals surface area (Å²) in [6.07, 6.45) is 2.12. The molecular weight excluding hydrogens is 112 g/mol. The van der Waals surface area contributed by atoms with Crippen LogP contribution in [-0.4, -0.2) is 24.5 Å². The van der Waals surface area contributed by atoms with Gasteiger partial charge in [-0.3, -0.25) is 0 Å². The summed E-state index contributed by atoms with van der Waals surface area (Å²) < 4.78 is 0. The lowest BCUT2D eigenvalue weighted by molar-refractivity contribution is 0.363. The largest absolute Gasteiger partial charge is 0.383 e. The van der Waals surface area contributed by atoms with Gasteiger partial charge in [0.15, 0.2) is 0 Å². The fourth-order valence-corrected chi connectivity index (χ4v) is 1.29. The molecule has 0 saturated heterocycles. The van der Waals surface area contributed by atoms with Gasteiger partial charge in [-0.05, 0) is 13.8 Å². The van der Waals surface area contributed by atoms with Gasteiger partial charge in [0.25, 0.3) is 0 Å². The first kappa shape index (κ1) is 6.46. The van der Waals surface area contributed by atoms with Crippen LogP contribution >= 0.6 is 0 Å². The topological polar surface area (TPSA) is 15.3 Å². The van der Waals surface area contributed by atoms with Crippen LogP contribution in [0, 0.1) is 0 Å². The smallest absolute Gasteiger partial charge is 0.0405 e. The average Bonchev–Trinajstić information content (AvgIpc) is 1.59. The van der Waals surface area contributed by atoms with Crippen LogP contribution in [0.15, 0.2) is 11.9 Å². The van der Waals surface area contributed by atoms with Crippen molar-refractivity contribution >= 4 is 0 Å². The van der Waals surface area contributed by atoms with Gasteiger partial charge in [0.05, 0.1) is 0 Å². The summed E-state index contributed by atoms with van der Waals surface area (Å²) in [5.41, 5.74) is 1.26. The maximum atomic E-state index is 3.33. The molecule has 52 valence electrons. The highest BCUT2D eigenvalue weighted by Crippen LogP contribution is 2.01. The van der Waals surface area contributed by atoms with Crippen LogP contribution < -0.4 is 5.32 Å². The number of nitrogens with one attached hydrogen (secondary N) is 1. The zero-order valence-electron chi connectivity index (χ0n) is 6.31. The van der Waals surface area contributed by atoms with Gasteiger partial charge < -0.3 is 10.2 Å². The highest BCUT2D eigenvalue weighted by Gasteiger charge is 2.08. The highest BCUT2D eigenvalue weighted by atomic mass is 15.2. The third-order valence-electron chi connectivity index (χ3n) is 1.45. The van der Waals surface area contributed by atoms with Gasteiger partial charge in [0, 0.05) is 31.5 Å². The standard InChI is InChI=1S/C7H14N2/c1-6-4-9(3)5-7(2)8-6/h4,7-8H,5H2,1-3H3/t7-/m1/s1. The number of allylic oxidation sites excluding steroid dienone is 1. The Balaban J connectivity index is 2.56. The van der Waals surface area contributed by atoms with Crippen molar-refractivity contribution in [3.05, 3.63) is 11.9 Å². The quantitative estimate of drug-likeness (QED) is 0.516. The molecule has 0 radical (unpaired) electrons.